The number of esters is 1. The fourth-order valence-corrected chi connectivity index (χ4v) is 3.96. The Bertz CT molecular complexity index is 914. The Kier molecular flexibility index (Phi) is 6.20. The molecule has 2 aromatic rings. The van der Waals surface area contributed by atoms with E-state index in [9.17, 15) is 18.0 Å². The predicted molar refractivity (Wildman–Crippen MR) is 103 cm³/mol. The summed E-state index contributed by atoms with van der Waals surface area (Å²) in [6, 6.07) is 7.72. The van der Waals surface area contributed by atoms with Crippen molar-refractivity contribution in [1.82, 2.24) is 0 Å². The van der Waals surface area contributed by atoms with Crippen LogP contribution in [0.5, 0.6) is 0 Å². The summed E-state index contributed by atoms with van der Waals surface area (Å²) in [5, 5.41) is 0. The highest BCUT2D eigenvalue weighted by molar-refractivity contribution is 7.92. The molecular formula is C18H21NO5S2. The van der Waals surface area contributed by atoms with E-state index in [4.69, 9.17) is 4.74 Å². The summed E-state index contributed by atoms with van der Waals surface area (Å²) >= 11 is 1.37. The molecular weight excluding hydrogens is 374 g/mol. The van der Waals surface area contributed by atoms with Crippen LogP contribution in [0.25, 0.3) is 0 Å². The number of sulfonamides is 1. The van der Waals surface area contributed by atoms with Crippen LogP contribution in [0.3, 0.4) is 0 Å². The highest BCUT2D eigenvalue weighted by atomic mass is 32.2. The number of hydrogen-bond donors (Lipinski definition) is 1. The van der Waals surface area contributed by atoms with Crippen LogP contribution in [0.4, 0.5) is 5.69 Å². The van der Waals surface area contributed by atoms with Crippen LogP contribution in [0, 0.1) is 6.92 Å². The van der Waals surface area contributed by atoms with E-state index < -0.39 is 22.1 Å². The van der Waals surface area contributed by atoms with Crippen LogP contribution >= 0.6 is 11.3 Å². The lowest BCUT2D eigenvalue weighted by Crippen LogP contribution is -2.24. The van der Waals surface area contributed by atoms with E-state index in [-0.39, 0.29) is 5.78 Å². The van der Waals surface area contributed by atoms with Gasteiger partial charge in [-0.2, -0.15) is 0 Å². The maximum absolute atomic E-state index is 12.4. The van der Waals surface area contributed by atoms with Gasteiger partial charge in [-0.25, -0.2) is 13.2 Å². The molecule has 1 aromatic carbocycles. The minimum Gasteiger partial charge on any atom is -0.450 e. The molecule has 1 aromatic heterocycles. The fourth-order valence-electron chi connectivity index (χ4n) is 2.39. The summed E-state index contributed by atoms with van der Waals surface area (Å²) in [5.74, 6) is -0.873. The van der Waals surface area contributed by atoms with Crippen molar-refractivity contribution in [3.63, 3.8) is 0 Å². The maximum Gasteiger partial charge on any atom is 0.349 e. The topological polar surface area (TPSA) is 89.5 Å². The van der Waals surface area contributed by atoms with Gasteiger partial charge in [0, 0.05) is 16.1 Å². The lowest BCUT2D eigenvalue weighted by atomic mass is 10.1. The van der Waals surface area contributed by atoms with E-state index in [1.54, 1.807) is 6.07 Å². The highest BCUT2D eigenvalue weighted by Crippen LogP contribution is 2.24. The molecule has 0 unspecified atom stereocenters. The van der Waals surface area contributed by atoms with Crippen LogP contribution in [0.1, 0.15) is 44.3 Å². The first-order valence-electron chi connectivity index (χ1n) is 8.03. The lowest BCUT2D eigenvalue weighted by Gasteiger charge is -2.12. The second-order valence-electron chi connectivity index (χ2n) is 5.93. The number of hydrogen-bond acceptors (Lipinski definition) is 6. The van der Waals surface area contributed by atoms with Crippen molar-refractivity contribution in [1.29, 1.82) is 0 Å². The van der Waals surface area contributed by atoms with Crippen LogP contribution in [-0.4, -0.2) is 32.5 Å². The molecule has 1 heterocycles. The van der Waals surface area contributed by atoms with Gasteiger partial charge in [0.15, 0.2) is 6.10 Å². The normalized spacial score (nSPS) is 12.5. The van der Waals surface area contributed by atoms with Crippen LogP contribution in [0.2, 0.25) is 0 Å². The number of anilines is 1. The zero-order chi connectivity index (χ0) is 19.5. The Morgan fingerprint density at radius 1 is 1.23 bits per heavy atom. The average molecular weight is 396 g/mol. The summed E-state index contributed by atoms with van der Waals surface area (Å²) < 4.78 is 30.0. The summed E-state index contributed by atoms with van der Waals surface area (Å²) in [6.45, 7) is 5.47. The molecule has 1 N–H and O–H groups in total. The van der Waals surface area contributed by atoms with Gasteiger partial charge in [0.1, 0.15) is 4.88 Å². The first kappa shape index (κ1) is 20.1. The second-order valence-corrected chi connectivity index (χ2v) is 8.82. The van der Waals surface area contributed by atoms with E-state index in [2.05, 4.69) is 4.72 Å². The van der Waals surface area contributed by atoms with Gasteiger partial charge in [-0.3, -0.25) is 9.52 Å². The van der Waals surface area contributed by atoms with Crippen molar-refractivity contribution in [3.05, 3.63) is 51.2 Å². The summed E-state index contributed by atoms with van der Waals surface area (Å²) in [7, 11) is -3.38. The van der Waals surface area contributed by atoms with Crippen LogP contribution < -0.4 is 4.72 Å². The van der Waals surface area contributed by atoms with E-state index in [0.29, 0.717) is 16.1 Å². The molecule has 1 atom stereocenters. The molecule has 0 aliphatic rings. The Morgan fingerprint density at radius 3 is 2.35 bits per heavy atom. The Morgan fingerprint density at radius 2 is 1.85 bits per heavy atom. The summed E-state index contributed by atoms with van der Waals surface area (Å²) in [4.78, 5) is 26.3. The van der Waals surface area contributed by atoms with Gasteiger partial charge in [0.25, 0.3) is 0 Å². The third kappa shape index (κ3) is 5.15. The summed E-state index contributed by atoms with van der Waals surface area (Å²) in [6.07, 6.45) is 0.944. The average Bonchev–Trinajstić information content (AvgIpc) is 2.94. The molecule has 2 rings (SSSR count). The molecule has 0 aliphatic carbocycles. The SMILES string of the molecule is CCc1sc(C(=O)O[C@@H](C)C(=O)c2ccc(NS(C)(=O)=O)cc2)cc1C. The molecule has 0 radical (unpaired) electrons. The van der Waals surface area contributed by atoms with E-state index in [1.165, 1.54) is 42.5 Å². The van der Waals surface area contributed by atoms with Gasteiger partial charge >= 0.3 is 5.97 Å². The van der Waals surface area contributed by atoms with Gasteiger partial charge in [0.2, 0.25) is 15.8 Å². The van der Waals surface area contributed by atoms with Crippen molar-refractivity contribution in [2.24, 2.45) is 0 Å². The fraction of sp³-hybridized carbons (Fsp3) is 0.333. The van der Waals surface area contributed by atoms with E-state index in [1.807, 2.05) is 13.8 Å². The zero-order valence-corrected chi connectivity index (χ0v) is 16.7. The van der Waals surface area contributed by atoms with Crippen molar-refractivity contribution in [2.75, 3.05) is 11.0 Å². The number of nitrogens with one attached hydrogen (secondary N) is 1. The minimum absolute atomic E-state index is 0.334. The molecule has 0 saturated heterocycles. The molecule has 0 saturated carbocycles. The maximum atomic E-state index is 12.4. The smallest absolute Gasteiger partial charge is 0.349 e. The van der Waals surface area contributed by atoms with Crippen molar-refractivity contribution in [3.8, 4) is 0 Å². The zero-order valence-electron chi connectivity index (χ0n) is 15.0. The van der Waals surface area contributed by atoms with Crippen LogP contribution in [0.15, 0.2) is 30.3 Å². The largest absolute Gasteiger partial charge is 0.450 e. The van der Waals surface area contributed by atoms with Crippen molar-refractivity contribution in [2.45, 2.75) is 33.3 Å². The molecule has 8 heteroatoms. The molecule has 0 fully saturated rings. The van der Waals surface area contributed by atoms with E-state index >= 15 is 0 Å². The molecule has 0 bridgehead atoms. The molecule has 0 amide bonds. The van der Waals surface area contributed by atoms with Gasteiger partial charge < -0.3 is 4.74 Å². The number of carbonyl (C=O) groups excluding carboxylic acids is 2. The van der Waals surface area contributed by atoms with Gasteiger partial charge in [0.05, 0.1) is 6.26 Å². The monoisotopic (exact) mass is 395 g/mol. The number of carbonyl (C=O) groups is 2. The lowest BCUT2D eigenvalue weighted by molar-refractivity contribution is 0.0323. The number of rotatable bonds is 7. The molecule has 0 spiro atoms. The minimum atomic E-state index is -3.38. The second kappa shape index (κ2) is 8.01. The third-order valence-electron chi connectivity index (χ3n) is 3.67. The van der Waals surface area contributed by atoms with Crippen molar-refractivity contribution < 1.29 is 22.7 Å². The van der Waals surface area contributed by atoms with Gasteiger partial charge in [-0.1, -0.05) is 6.92 Å². The quantitative estimate of drug-likeness (QED) is 0.573. The van der Waals surface area contributed by atoms with Crippen molar-refractivity contribution >= 4 is 38.8 Å². The number of ether oxygens (including phenoxy) is 1. The number of ketones is 1. The molecule has 0 aliphatic heterocycles. The standard InChI is InChI=1S/C18H21NO5S2/c1-5-15-11(2)10-16(25-15)18(21)24-12(3)17(20)13-6-8-14(9-7-13)19-26(4,22)23/h6-10,12,19H,5H2,1-4H3/t12-/m0/s1. The Hall–Kier alpha value is -2.19. The van der Waals surface area contributed by atoms with Gasteiger partial charge in [-0.15, -0.1) is 11.3 Å². The number of aryl methyl sites for hydroxylation is 2. The summed E-state index contributed by atoms with van der Waals surface area (Å²) in [5.41, 5.74) is 1.73. The number of thiophene rings is 1. The predicted octanol–water partition coefficient (Wildman–Crippen LogP) is 3.42. The van der Waals surface area contributed by atoms with Crippen LogP contribution in [-0.2, 0) is 21.2 Å². The molecule has 6 nitrogen and oxygen atoms in total. The van der Waals surface area contributed by atoms with E-state index in [0.717, 1.165) is 23.1 Å². The highest BCUT2D eigenvalue weighted by Gasteiger charge is 2.22. The molecule has 26 heavy (non-hydrogen) atoms. The number of Topliss-reactive ketones (excluding diaryl/α,β-unsaturated/α-hetero) is 1. The number of benzene rings is 1. The first-order valence-corrected chi connectivity index (χ1v) is 10.7. The molecule has 140 valence electrons. The first-order chi connectivity index (χ1) is 12.1. The third-order valence-corrected chi connectivity index (χ3v) is 5.64. The Balaban J connectivity index is 2.05. The van der Waals surface area contributed by atoms with Gasteiger partial charge in [-0.05, 0) is 56.2 Å². The Labute approximate surface area is 157 Å².